The zero-order valence-electron chi connectivity index (χ0n) is 10.0. The van der Waals surface area contributed by atoms with Crippen LogP contribution in [0.1, 0.15) is 18.1 Å². The van der Waals surface area contributed by atoms with Gasteiger partial charge in [0.25, 0.3) is 0 Å². The van der Waals surface area contributed by atoms with Gasteiger partial charge in [0, 0.05) is 13.1 Å². The first-order valence-corrected chi connectivity index (χ1v) is 5.44. The average Bonchev–Trinajstić information content (AvgIpc) is 2.36. The van der Waals surface area contributed by atoms with Gasteiger partial charge in [-0.05, 0) is 36.6 Å². The predicted octanol–water partition coefficient (Wildman–Crippen LogP) is 2.12. The molecule has 16 heavy (non-hydrogen) atoms. The lowest BCUT2D eigenvalue weighted by Gasteiger charge is -2.27. The molecule has 0 aliphatic carbocycles. The minimum absolute atomic E-state index is 0.805. The molecule has 0 aromatic heterocycles. The van der Waals surface area contributed by atoms with E-state index >= 15 is 0 Å². The van der Waals surface area contributed by atoms with E-state index in [0.29, 0.717) is 0 Å². The Kier molecular flexibility index (Phi) is 3.34. The summed E-state index contributed by atoms with van der Waals surface area (Å²) in [4.78, 5) is 2.19. The quantitative estimate of drug-likeness (QED) is 0.777. The molecule has 0 saturated heterocycles. The first kappa shape index (κ1) is 11.3. The van der Waals surface area contributed by atoms with E-state index in [1.54, 1.807) is 14.2 Å². The lowest BCUT2D eigenvalue weighted by molar-refractivity contribution is 0.310. The van der Waals surface area contributed by atoms with E-state index in [0.717, 1.165) is 31.0 Å². The Balaban J connectivity index is 2.34. The second-order valence-corrected chi connectivity index (χ2v) is 3.87. The third kappa shape index (κ3) is 2.00. The van der Waals surface area contributed by atoms with Gasteiger partial charge in [-0.25, -0.2) is 0 Å². The van der Waals surface area contributed by atoms with Gasteiger partial charge in [-0.2, -0.15) is 0 Å². The molecule has 1 aliphatic heterocycles. The molecule has 0 amide bonds. The minimum atomic E-state index is 0.805. The molecule has 0 bridgehead atoms. The lowest BCUT2D eigenvalue weighted by Crippen LogP contribution is -2.27. The molecule has 0 saturated carbocycles. The summed E-state index contributed by atoms with van der Waals surface area (Å²) in [7, 11) is 3.34. The molecule has 3 heteroatoms. The largest absolute Gasteiger partial charge is 0.493 e. The number of ether oxygens (including phenoxy) is 2. The van der Waals surface area contributed by atoms with Crippen molar-refractivity contribution in [2.45, 2.75) is 19.9 Å². The summed E-state index contributed by atoms with van der Waals surface area (Å²) in [6.07, 6.45) is 1.04. The topological polar surface area (TPSA) is 21.7 Å². The van der Waals surface area contributed by atoms with Gasteiger partial charge >= 0.3 is 0 Å². The normalized spacial score (nSPS) is 15.7. The maximum Gasteiger partial charge on any atom is 0.161 e. The number of rotatable bonds is 3. The van der Waals surface area contributed by atoms with E-state index in [1.807, 2.05) is 6.92 Å². The fourth-order valence-electron chi connectivity index (χ4n) is 2.07. The molecule has 86 valence electrons. The van der Waals surface area contributed by atoms with Crippen molar-refractivity contribution in [2.75, 3.05) is 20.8 Å². The molecule has 2 rings (SSSR count). The van der Waals surface area contributed by atoms with Gasteiger partial charge in [-0.1, -0.05) is 0 Å². The zero-order chi connectivity index (χ0) is 11.5. The minimum Gasteiger partial charge on any atom is -0.493 e. The van der Waals surface area contributed by atoms with Crippen LogP contribution in [-0.4, -0.2) is 25.7 Å². The van der Waals surface area contributed by atoms with Crippen molar-refractivity contribution in [1.29, 1.82) is 0 Å². The van der Waals surface area contributed by atoms with Crippen LogP contribution in [0, 0.1) is 6.54 Å². The Labute approximate surface area is 97.0 Å². The Morgan fingerprint density at radius 3 is 2.31 bits per heavy atom. The van der Waals surface area contributed by atoms with Crippen molar-refractivity contribution in [3.8, 4) is 11.5 Å². The molecule has 1 aliphatic rings. The molecule has 3 nitrogen and oxygen atoms in total. The van der Waals surface area contributed by atoms with Crippen LogP contribution in [0.15, 0.2) is 12.1 Å². The first-order valence-electron chi connectivity index (χ1n) is 5.44. The van der Waals surface area contributed by atoms with Gasteiger partial charge in [0.15, 0.2) is 11.5 Å². The molecule has 0 atom stereocenters. The predicted molar refractivity (Wildman–Crippen MR) is 62.6 cm³/mol. The fraction of sp³-hybridized carbons (Fsp3) is 0.462. The third-order valence-electron chi connectivity index (χ3n) is 3.03. The molecular weight excluding hydrogens is 202 g/mol. The van der Waals surface area contributed by atoms with E-state index in [4.69, 9.17) is 9.47 Å². The maximum absolute atomic E-state index is 5.31. The molecule has 1 aromatic carbocycles. The van der Waals surface area contributed by atoms with Crippen LogP contribution < -0.4 is 9.47 Å². The van der Waals surface area contributed by atoms with Crippen molar-refractivity contribution >= 4 is 0 Å². The van der Waals surface area contributed by atoms with Crippen molar-refractivity contribution in [3.63, 3.8) is 0 Å². The number of nitrogens with zero attached hydrogens (tertiary/aromatic N) is 1. The Morgan fingerprint density at radius 1 is 1.12 bits per heavy atom. The summed E-state index contributed by atoms with van der Waals surface area (Å²) >= 11 is 0. The summed E-state index contributed by atoms with van der Waals surface area (Å²) in [6.45, 7) is 7.06. The van der Waals surface area contributed by atoms with E-state index in [9.17, 15) is 0 Å². The van der Waals surface area contributed by atoms with Crippen LogP contribution in [0.2, 0.25) is 0 Å². The van der Waals surface area contributed by atoms with Crippen LogP contribution in [0.5, 0.6) is 11.5 Å². The van der Waals surface area contributed by atoms with Crippen molar-refractivity contribution in [3.05, 3.63) is 29.8 Å². The molecular formula is C13H17NO2. The van der Waals surface area contributed by atoms with Crippen LogP contribution in [-0.2, 0) is 13.0 Å². The van der Waals surface area contributed by atoms with Crippen molar-refractivity contribution < 1.29 is 9.47 Å². The Morgan fingerprint density at radius 2 is 1.75 bits per heavy atom. The second kappa shape index (κ2) is 4.74. The van der Waals surface area contributed by atoms with E-state index in [2.05, 4.69) is 23.6 Å². The zero-order valence-corrected chi connectivity index (χ0v) is 10.0. The highest BCUT2D eigenvalue weighted by Gasteiger charge is 2.18. The molecule has 0 unspecified atom stereocenters. The summed E-state index contributed by atoms with van der Waals surface area (Å²) in [5, 5.41) is 0. The van der Waals surface area contributed by atoms with Crippen LogP contribution >= 0.6 is 0 Å². The second-order valence-electron chi connectivity index (χ2n) is 3.87. The lowest BCUT2D eigenvalue weighted by atomic mass is 9.99. The highest BCUT2D eigenvalue weighted by Crippen LogP contribution is 2.33. The molecule has 0 spiro atoms. The monoisotopic (exact) mass is 219 g/mol. The summed E-state index contributed by atoms with van der Waals surface area (Å²) < 4.78 is 10.6. The van der Waals surface area contributed by atoms with Crippen LogP contribution in [0.4, 0.5) is 0 Å². The molecule has 1 aromatic rings. The van der Waals surface area contributed by atoms with E-state index in [-0.39, 0.29) is 0 Å². The van der Waals surface area contributed by atoms with Gasteiger partial charge < -0.3 is 9.47 Å². The number of methoxy groups -OCH3 is 2. The van der Waals surface area contributed by atoms with Gasteiger partial charge in [-0.3, -0.25) is 4.90 Å². The molecule has 2 radical (unpaired) electrons. The molecule has 0 fully saturated rings. The first-order chi connectivity index (χ1) is 7.78. The number of hydrogen-bond acceptors (Lipinski definition) is 3. The number of hydrogen-bond donors (Lipinski definition) is 0. The third-order valence-corrected chi connectivity index (χ3v) is 3.03. The summed E-state index contributed by atoms with van der Waals surface area (Å²) in [5.74, 6) is 1.62. The van der Waals surface area contributed by atoms with Crippen LogP contribution in [0.25, 0.3) is 0 Å². The number of fused-ring (bicyclic) bond motifs is 1. The Bertz CT molecular complexity index is 376. The fourth-order valence-corrected chi connectivity index (χ4v) is 2.07. The standard InChI is InChI=1S/C13H17NO2/c1-4-14-6-5-10-7-12(15-2)13(16-3)8-11(10)9-14/h7-8H,5-6,9H2,1-3H3. The molecule has 0 N–H and O–H groups in total. The van der Waals surface area contributed by atoms with E-state index < -0.39 is 0 Å². The van der Waals surface area contributed by atoms with Gasteiger partial charge in [0.2, 0.25) is 0 Å². The maximum atomic E-state index is 5.31. The number of benzene rings is 1. The molecule has 1 heterocycles. The van der Waals surface area contributed by atoms with Gasteiger partial charge in [-0.15, -0.1) is 0 Å². The van der Waals surface area contributed by atoms with Gasteiger partial charge in [0.05, 0.1) is 20.8 Å². The van der Waals surface area contributed by atoms with Crippen LogP contribution in [0.3, 0.4) is 0 Å². The summed E-state index contributed by atoms with van der Waals surface area (Å²) in [6, 6.07) is 4.15. The Hall–Kier alpha value is -1.22. The van der Waals surface area contributed by atoms with Crippen molar-refractivity contribution in [2.24, 2.45) is 0 Å². The summed E-state index contributed by atoms with van der Waals surface area (Å²) in [5.41, 5.74) is 2.66. The van der Waals surface area contributed by atoms with Crippen molar-refractivity contribution in [1.82, 2.24) is 4.90 Å². The average molecular weight is 219 g/mol. The highest BCUT2D eigenvalue weighted by atomic mass is 16.5. The van der Waals surface area contributed by atoms with E-state index in [1.165, 1.54) is 11.1 Å². The smallest absolute Gasteiger partial charge is 0.161 e. The SMILES string of the molecule is C[C]N1CCc2cc(OC)c(OC)cc2C1. The van der Waals surface area contributed by atoms with Gasteiger partial charge in [0.1, 0.15) is 0 Å². The highest BCUT2D eigenvalue weighted by molar-refractivity contribution is 5.48.